The lowest BCUT2D eigenvalue weighted by Gasteiger charge is -2.03. The van der Waals surface area contributed by atoms with Crippen molar-refractivity contribution >= 4 is 17.5 Å². The van der Waals surface area contributed by atoms with Crippen LogP contribution in [0.4, 0.5) is 11.5 Å². The van der Waals surface area contributed by atoms with Crippen LogP contribution in [0.2, 0.25) is 0 Å². The zero-order valence-electron chi connectivity index (χ0n) is 9.85. The highest BCUT2D eigenvalue weighted by atomic mass is 16.6. The summed E-state index contributed by atoms with van der Waals surface area (Å²) in [6.07, 6.45) is 0. The van der Waals surface area contributed by atoms with Gasteiger partial charge in [0.15, 0.2) is 5.69 Å². The third-order valence-electron chi connectivity index (χ3n) is 2.52. The van der Waals surface area contributed by atoms with Crippen molar-refractivity contribution in [2.45, 2.75) is 0 Å². The second-order valence-corrected chi connectivity index (χ2v) is 3.71. The molecule has 1 aromatic heterocycles. The smallest absolute Gasteiger partial charge is 0.357 e. The first kappa shape index (κ1) is 13.0. The summed E-state index contributed by atoms with van der Waals surface area (Å²) >= 11 is 0. The number of rotatable bonds is 3. The van der Waals surface area contributed by atoms with Crippen LogP contribution in [-0.4, -0.2) is 25.8 Å². The van der Waals surface area contributed by atoms with Gasteiger partial charge in [-0.25, -0.2) is 9.48 Å². The highest BCUT2D eigenvalue weighted by Gasteiger charge is 2.22. The van der Waals surface area contributed by atoms with Gasteiger partial charge in [0.1, 0.15) is 17.5 Å². The molecule has 0 aliphatic heterocycles. The van der Waals surface area contributed by atoms with E-state index >= 15 is 0 Å². The van der Waals surface area contributed by atoms with Crippen molar-refractivity contribution in [2.24, 2.45) is 0 Å². The Morgan fingerprint density at radius 2 is 2.25 bits per heavy atom. The van der Waals surface area contributed by atoms with Crippen LogP contribution in [0.25, 0.3) is 5.69 Å². The highest BCUT2D eigenvalue weighted by molar-refractivity contribution is 5.90. The number of nitriles is 1. The number of aromatic carboxylic acids is 1. The number of carbonyl (C=O) groups is 1. The van der Waals surface area contributed by atoms with E-state index in [9.17, 15) is 14.9 Å². The van der Waals surface area contributed by atoms with Gasteiger partial charge in [0, 0.05) is 12.1 Å². The number of nitro groups is 1. The third kappa shape index (κ3) is 2.01. The van der Waals surface area contributed by atoms with Crippen molar-refractivity contribution in [1.82, 2.24) is 9.78 Å². The van der Waals surface area contributed by atoms with E-state index in [1.807, 2.05) is 0 Å². The van der Waals surface area contributed by atoms with Gasteiger partial charge < -0.3 is 10.8 Å². The number of nitrogens with zero attached hydrogens (tertiary/aromatic N) is 4. The van der Waals surface area contributed by atoms with Crippen molar-refractivity contribution in [1.29, 1.82) is 5.26 Å². The molecule has 2 rings (SSSR count). The number of aromatic nitrogens is 2. The Morgan fingerprint density at radius 3 is 2.75 bits per heavy atom. The van der Waals surface area contributed by atoms with Crippen molar-refractivity contribution < 1.29 is 14.8 Å². The topological polar surface area (TPSA) is 148 Å². The molecule has 0 saturated carbocycles. The summed E-state index contributed by atoms with van der Waals surface area (Å²) in [6, 6.07) is 6.96. The number of nitro benzene ring substituents is 1. The van der Waals surface area contributed by atoms with E-state index in [4.69, 9.17) is 16.1 Å². The minimum atomic E-state index is -1.41. The zero-order valence-corrected chi connectivity index (χ0v) is 9.85. The molecular formula is C11H7N5O4. The highest BCUT2D eigenvalue weighted by Crippen LogP contribution is 2.23. The number of hydrogen-bond acceptors (Lipinski definition) is 6. The van der Waals surface area contributed by atoms with E-state index in [1.54, 1.807) is 6.07 Å². The number of benzene rings is 1. The molecule has 1 heterocycles. The van der Waals surface area contributed by atoms with Gasteiger partial charge in [-0.2, -0.15) is 10.4 Å². The second kappa shape index (κ2) is 4.69. The molecule has 1 aromatic carbocycles. The fraction of sp³-hybridized carbons (Fsp3) is 0. The lowest BCUT2D eigenvalue weighted by molar-refractivity contribution is -0.384. The molecule has 0 amide bonds. The average Bonchev–Trinajstić information content (AvgIpc) is 2.76. The van der Waals surface area contributed by atoms with Crippen LogP contribution in [0.3, 0.4) is 0 Å². The monoisotopic (exact) mass is 273 g/mol. The number of nitrogens with two attached hydrogens (primary N) is 1. The molecular weight excluding hydrogens is 266 g/mol. The molecule has 0 fully saturated rings. The molecule has 0 unspecified atom stereocenters. The van der Waals surface area contributed by atoms with E-state index in [-0.39, 0.29) is 22.8 Å². The Balaban J connectivity index is 2.65. The van der Waals surface area contributed by atoms with Crippen LogP contribution in [-0.2, 0) is 0 Å². The molecule has 2 aromatic rings. The van der Waals surface area contributed by atoms with Crippen LogP contribution in [0.15, 0.2) is 24.3 Å². The number of carboxylic acids is 1. The maximum atomic E-state index is 11.0. The number of carboxylic acid groups (broad SMARTS) is 1. The standard InChI is InChI=1S/C11H7N5O4/c12-5-8-9(11(17)18)14-15(10(8)13)6-2-1-3-7(4-6)16(19)20/h1-4H,13H2,(H,17,18). The fourth-order valence-corrected chi connectivity index (χ4v) is 1.63. The second-order valence-electron chi connectivity index (χ2n) is 3.71. The van der Waals surface area contributed by atoms with Crippen molar-refractivity contribution in [2.75, 3.05) is 5.73 Å². The van der Waals surface area contributed by atoms with Crippen LogP contribution in [0.5, 0.6) is 0 Å². The Kier molecular flexibility index (Phi) is 3.06. The molecule has 0 spiro atoms. The first-order valence-corrected chi connectivity index (χ1v) is 5.22. The Bertz CT molecular complexity index is 759. The first-order chi connectivity index (χ1) is 9.45. The van der Waals surface area contributed by atoms with Crippen LogP contribution in [0, 0.1) is 21.4 Å². The van der Waals surface area contributed by atoms with Gasteiger partial charge in [0.2, 0.25) is 0 Å². The summed E-state index contributed by atoms with van der Waals surface area (Å²) in [5.41, 5.74) is 4.86. The Labute approximate surface area is 111 Å². The van der Waals surface area contributed by atoms with Crippen molar-refractivity contribution in [3.05, 3.63) is 45.6 Å². The lowest BCUT2D eigenvalue weighted by atomic mass is 10.2. The van der Waals surface area contributed by atoms with Gasteiger partial charge in [-0.05, 0) is 6.07 Å². The number of nitrogen functional groups attached to an aromatic ring is 1. The number of anilines is 1. The van der Waals surface area contributed by atoms with Gasteiger partial charge in [-0.3, -0.25) is 10.1 Å². The maximum absolute atomic E-state index is 11.0. The van der Waals surface area contributed by atoms with Gasteiger partial charge in [-0.15, -0.1) is 0 Å². The molecule has 0 aliphatic carbocycles. The minimum Gasteiger partial charge on any atom is -0.476 e. The summed E-state index contributed by atoms with van der Waals surface area (Å²) in [4.78, 5) is 21.1. The molecule has 100 valence electrons. The first-order valence-electron chi connectivity index (χ1n) is 5.22. The van der Waals surface area contributed by atoms with Crippen molar-refractivity contribution in [3.8, 4) is 11.8 Å². The number of non-ortho nitro benzene ring substituents is 1. The average molecular weight is 273 g/mol. The summed E-state index contributed by atoms with van der Waals surface area (Å²) in [5.74, 6) is -1.59. The molecule has 0 bridgehead atoms. The maximum Gasteiger partial charge on any atom is 0.357 e. The summed E-state index contributed by atoms with van der Waals surface area (Å²) in [7, 11) is 0. The van der Waals surface area contributed by atoms with Crippen LogP contribution < -0.4 is 5.73 Å². The van der Waals surface area contributed by atoms with Crippen LogP contribution >= 0.6 is 0 Å². The van der Waals surface area contributed by atoms with E-state index in [1.165, 1.54) is 24.3 Å². The molecule has 0 aliphatic rings. The molecule has 0 saturated heterocycles. The lowest BCUT2D eigenvalue weighted by Crippen LogP contribution is -2.04. The summed E-state index contributed by atoms with van der Waals surface area (Å²) in [5, 5.41) is 32.2. The quantitative estimate of drug-likeness (QED) is 0.624. The SMILES string of the molecule is N#Cc1c(C(=O)O)nn(-c2cccc([N+](=O)[O-])c2)c1N. The predicted octanol–water partition coefficient (Wildman–Crippen LogP) is 0.933. The van der Waals surface area contributed by atoms with Crippen LogP contribution in [0.1, 0.15) is 16.1 Å². The zero-order chi connectivity index (χ0) is 14.9. The fourth-order valence-electron chi connectivity index (χ4n) is 1.63. The van der Waals surface area contributed by atoms with Gasteiger partial charge in [-0.1, -0.05) is 6.07 Å². The van der Waals surface area contributed by atoms with Crippen molar-refractivity contribution in [3.63, 3.8) is 0 Å². The Morgan fingerprint density at radius 1 is 1.55 bits per heavy atom. The molecule has 9 nitrogen and oxygen atoms in total. The normalized spacial score (nSPS) is 9.95. The van der Waals surface area contributed by atoms with E-state index < -0.39 is 16.6 Å². The predicted molar refractivity (Wildman–Crippen MR) is 66.3 cm³/mol. The molecule has 9 heteroatoms. The van der Waals surface area contributed by atoms with Gasteiger partial charge in [0.25, 0.3) is 5.69 Å². The molecule has 0 atom stereocenters. The van der Waals surface area contributed by atoms with Gasteiger partial charge >= 0.3 is 5.97 Å². The summed E-state index contributed by atoms with van der Waals surface area (Å²) in [6.45, 7) is 0. The van der Waals surface area contributed by atoms with E-state index in [0.717, 1.165) is 4.68 Å². The largest absolute Gasteiger partial charge is 0.476 e. The van der Waals surface area contributed by atoms with E-state index in [2.05, 4.69) is 5.10 Å². The molecule has 3 N–H and O–H groups in total. The minimum absolute atomic E-state index is 0.189. The van der Waals surface area contributed by atoms with E-state index in [0.29, 0.717) is 0 Å². The number of hydrogen-bond donors (Lipinski definition) is 2. The Hall–Kier alpha value is -3.41. The summed E-state index contributed by atoms with van der Waals surface area (Å²) < 4.78 is 0.981. The van der Waals surface area contributed by atoms with Gasteiger partial charge in [0.05, 0.1) is 10.6 Å². The molecule has 0 radical (unpaired) electrons. The third-order valence-corrected chi connectivity index (χ3v) is 2.52. The molecule has 20 heavy (non-hydrogen) atoms.